The van der Waals surface area contributed by atoms with Gasteiger partial charge in [0.2, 0.25) is 0 Å². The average molecular weight is 266 g/mol. The van der Waals surface area contributed by atoms with Gasteiger partial charge in [-0.3, -0.25) is 10.5 Å². The fourth-order valence-electron chi connectivity index (χ4n) is 2.30. The van der Waals surface area contributed by atoms with E-state index in [-0.39, 0.29) is 5.91 Å². The first-order chi connectivity index (χ1) is 9.65. The highest BCUT2D eigenvalue weighted by Gasteiger charge is 2.25. The van der Waals surface area contributed by atoms with Gasteiger partial charge in [0.1, 0.15) is 6.54 Å². The molecule has 1 aliphatic heterocycles. The van der Waals surface area contributed by atoms with Crippen LogP contribution in [0.5, 0.6) is 0 Å². The Morgan fingerprint density at radius 1 is 1.15 bits per heavy atom. The molecule has 0 saturated heterocycles. The number of benzene rings is 2. The van der Waals surface area contributed by atoms with Crippen molar-refractivity contribution in [3.63, 3.8) is 0 Å². The van der Waals surface area contributed by atoms with Crippen LogP contribution in [0.2, 0.25) is 0 Å². The van der Waals surface area contributed by atoms with Gasteiger partial charge in [0.05, 0.1) is 5.56 Å². The molecule has 4 heteroatoms. The largest absolute Gasteiger partial charge is 0.299 e. The smallest absolute Gasteiger partial charge is 0.285 e. The molecule has 0 unspecified atom stereocenters. The summed E-state index contributed by atoms with van der Waals surface area (Å²) in [5.41, 5.74) is 12.8. The Balaban J connectivity index is 1.81. The number of nitrogens with one attached hydrogen (secondary N) is 1. The number of carbonyl (C=O) groups excluding carboxylic acids is 1. The van der Waals surface area contributed by atoms with Crippen LogP contribution in [-0.2, 0) is 6.54 Å². The molecule has 4 nitrogen and oxygen atoms in total. The second kappa shape index (κ2) is 4.81. The van der Waals surface area contributed by atoms with E-state index < -0.39 is 0 Å². The Hall–Kier alpha value is -2.62. The van der Waals surface area contributed by atoms with Gasteiger partial charge in [0, 0.05) is 11.1 Å². The minimum Gasteiger partial charge on any atom is -0.285 e. The second-order valence-corrected chi connectivity index (χ2v) is 4.94. The van der Waals surface area contributed by atoms with E-state index in [0.717, 1.165) is 16.7 Å². The quantitative estimate of drug-likeness (QED) is 0.811. The van der Waals surface area contributed by atoms with Gasteiger partial charge in [-0.05, 0) is 25.1 Å². The number of rotatable bonds is 2. The van der Waals surface area contributed by atoms with Crippen LogP contribution in [0.3, 0.4) is 0 Å². The van der Waals surface area contributed by atoms with Crippen molar-refractivity contribution < 1.29 is 9.48 Å². The molecule has 100 valence electrons. The number of fused-ring (bicyclic) bond motifs is 1. The summed E-state index contributed by atoms with van der Waals surface area (Å²) in [5.74, 6) is 0.432. The Kier molecular flexibility index (Phi) is 2.99. The molecule has 0 radical (unpaired) electrons. The number of amides is 1. The Bertz CT molecular complexity index is 702. The van der Waals surface area contributed by atoms with E-state index in [1.54, 1.807) is 4.68 Å². The van der Waals surface area contributed by atoms with E-state index in [0.29, 0.717) is 17.9 Å². The Morgan fingerprint density at radius 2 is 1.85 bits per heavy atom. The van der Waals surface area contributed by atoms with Gasteiger partial charge in [-0.15, -0.1) is 0 Å². The predicted octanol–water partition coefficient (Wildman–Crippen LogP) is 1.57. The van der Waals surface area contributed by atoms with E-state index in [4.69, 9.17) is 5.73 Å². The molecule has 2 aromatic rings. The summed E-state index contributed by atoms with van der Waals surface area (Å²) in [4.78, 5) is 12.2. The third-order valence-corrected chi connectivity index (χ3v) is 3.46. The van der Waals surface area contributed by atoms with Crippen molar-refractivity contribution >= 4 is 11.7 Å². The summed E-state index contributed by atoms with van der Waals surface area (Å²) in [6.45, 7) is 2.59. The standard InChI is InChI=1S/C16H15N3O/c1-11-6-8-12(9-7-11)16(20)18-19-10-13-4-2-3-5-14(13)15(19)17/h2-9,17H,10H2,1H3,(H,18,20)/p+1. The van der Waals surface area contributed by atoms with Crippen LogP contribution in [-0.4, -0.2) is 16.4 Å². The molecule has 0 fully saturated rings. The minimum absolute atomic E-state index is 0.152. The lowest BCUT2D eigenvalue weighted by Gasteiger charge is -2.05. The fraction of sp³-hybridized carbons (Fsp3) is 0.125. The van der Waals surface area contributed by atoms with Crippen molar-refractivity contribution in [1.82, 2.24) is 5.43 Å². The van der Waals surface area contributed by atoms with E-state index in [1.807, 2.05) is 55.5 Å². The number of nitrogens with two attached hydrogens (primary N) is 1. The van der Waals surface area contributed by atoms with Crippen LogP contribution in [0.1, 0.15) is 27.0 Å². The summed E-state index contributed by atoms with van der Waals surface area (Å²) in [6, 6.07) is 15.3. The monoisotopic (exact) mass is 266 g/mol. The first-order valence-corrected chi connectivity index (χ1v) is 6.51. The first kappa shape index (κ1) is 12.4. The molecule has 0 atom stereocenters. The molecule has 3 N–H and O–H groups in total. The number of hydrogen-bond acceptors (Lipinski definition) is 2. The van der Waals surface area contributed by atoms with Crippen molar-refractivity contribution in [2.24, 2.45) is 5.73 Å². The molecule has 3 rings (SSSR count). The SMILES string of the molecule is Cc1ccc(C(=O)N[N+]2=C(N)c3ccccc3C2)cc1. The molecular weight excluding hydrogens is 250 g/mol. The van der Waals surface area contributed by atoms with E-state index >= 15 is 0 Å². The number of hydrazine groups is 1. The average Bonchev–Trinajstić information content (AvgIpc) is 2.77. The first-order valence-electron chi connectivity index (χ1n) is 6.51. The Morgan fingerprint density at radius 3 is 2.55 bits per heavy atom. The third-order valence-electron chi connectivity index (χ3n) is 3.46. The molecule has 20 heavy (non-hydrogen) atoms. The lowest BCUT2D eigenvalue weighted by molar-refractivity contribution is -0.584. The topological polar surface area (TPSA) is 58.1 Å². The van der Waals surface area contributed by atoms with Crippen molar-refractivity contribution in [3.05, 3.63) is 70.8 Å². The predicted molar refractivity (Wildman–Crippen MR) is 77.3 cm³/mol. The number of hydrazone groups is 1. The van der Waals surface area contributed by atoms with Gasteiger partial charge in [0.25, 0.3) is 11.7 Å². The molecule has 2 aromatic carbocycles. The van der Waals surface area contributed by atoms with Crippen molar-refractivity contribution in [3.8, 4) is 0 Å². The molecule has 1 amide bonds. The molecule has 0 aliphatic carbocycles. The molecule has 1 heterocycles. The maximum absolute atomic E-state index is 12.2. The normalized spacial score (nSPS) is 13.2. The highest BCUT2D eigenvalue weighted by atomic mass is 16.2. The number of nitrogens with zero attached hydrogens (tertiary/aromatic N) is 1. The van der Waals surface area contributed by atoms with Crippen LogP contribution < -0.4 is 11.2 Å². The summed E-state index contributed by atoms with van der Waals surface area (Å²) in [5, 5.41) is 0. The summed E-state index contributed by atoms with van der Waals surface area (Å²) in [6.07, 6.45) is 0. The van der Waals surface area contributed by atoms with Crippen LogP contribution in [0.4, 0.5) is 0 Å². The van der Waals surface area contributed by atoms with Gasteiger partial charge >= 0.3 is 0 Å². The lowest BCUT2D eigenvalue weighted by atomic mass is 10.1. The van der Waals surface area contributed by atoms with Gasteiger partial charge in [-0.2, -0.15) is 10.1 Å². The summed E-state index contributed by atoms with van der Waals surface area (Å²) < 4.78 is 1.69. The molecule has 0 bridgehead atoms. The molecule has 0 aromatic heterocycles. The number of hydrogen-bond donors (Lipinski definition) is 2. The van der Waals surface area contributed by atoms with Crippen LogP contribution in [0.15, 0.2) is 48.5 Å². The second-order valence-electron chi connectivity index (χ2n) is 4.94. The fourth-order valence-corrected chi connectivity index (χ4v) is 2.30. The maximum atomic E-state index is 12.2. The molecule has 1 aliphatic rings. The van der Waals surface area contributed by atoms with E-state index in [1.165, 1.54) is 0 Å². The van der Waals surface area contributed by atoms with E-state index in [2.05, 4.69) is 5.43 Å². The van der Waals surface area contributed by atoms with Crippen LogP contribution in [0.25, 0.3) is 0 Å². The van der Waals surface area contributed by atoms with Crippen molar-refractivity contribution in [1.29, 1.82) is 0 Å². The zero-order chi connectivity index (χ0) is 14.1. The molecule has 0 spiro atoms. The zero-order valence-electron chi connectivity index (χ0n) is 11.3. The lowest BCUT2D eigenvalue weighted by Crippen LogP contribution is -2.38. The number of aryl methyl sites for hydroxylation is 1. The molecular formula is C16H16N3O+. The maximum Gasteiger partial charge on any atom is 0.299 e. The third kappa shape index (κ3) is 2.16. The Labute approximate surface area is 117 Å². The number of amidine groups is 1. The van der Waals surface area contributed by atoms with Crippen molar-refractivity contribution in [2.75, 3.05) is 0 Å². The van der Waals surface area contributed by atoms with Gasteiger partial charge < -0.3 is 0 Å². The highest BCUT2D eigenvalue weighted by Crippen LogP contribution is 2.15. The highest BCUT2D eigenvalue weighted by molar-refractivity contribution is 5.98. The summed E-state index contributed by atoms with van der Waals surface area (Å²) in [7, 11) is 0. The number of carbonyl (C=O) groups is 1. The summed E-state index contributed by atoms with van der Waals surface area (Å²) >= 11 is 0. The van der Waals surface area contributed by atoms with Gasteiger partial charge in [0.15, 0.2) is 0 Å². The minimum atomic E-state index is -0.152. The van der Waals surface area contributed by atoms with Gasteiger partial charge in [-0.1, -0.05) is 35.9 Å². The van der Waals surface area contributed by atoms with E-state index in [9.17, 15) is 4.79 Å². The molecule has 0 saturated carbocycles. The van der Waals surface area contributed by atoms with Crippen molar-refractivity contribution in [2.45, 2.75) is 13.5 Å². The van der Waals surface area contributed by atoms with Crippen LogP contribution in [0, 0.1) is 6.92 Å². The van der Waals surface area contributed by atoms with Gasteiger partial charge in [-0.25, -0.2) is 0 Å². The zero-order valence-corrected chi connectivity index (χ0v) is 11.3. The van der Waals surface area contributed by atoms with Crippen LogP contribution >= 0.6 is 0 Å².